The van der Waals surface area contributed by atoms with Gasteiger partial charge in [0.05, 0.1) is 28.3 Å². The van der Waals surface area contributed by atoms with Crippen molar-refractivity contribution in [3.8, 4) is 0 Å². The van der Waals surface area contributed by atoms with Gasteiger partial charge in [0, 0.05) is 0 Å². The molecule has 12 heteroatoms. The fourth-order valence-corrected chi connectivity index (χ4v) is 1.36. The number of benzene rings is 1. The van der Waals surface area contributed by atoms with E-state index in [2.05, 4.69) is 15.6 Å². The molecule has 0 spiro atoms. The van der Waals surface area contributed by atoms with Crippen molar-refractivity contribution in [1.82, 2.24) is 20.5 Å². The van der Waals surface area contributed by atoms with E-state index in [1.807, 2.05) is 37.9 Å². The SMILES string of the molecule is CNC(OC)=[N+](C)C.F[B-](F)(F)F.On1nnc2ccccc21. The number of rotatable bonds is 0. The summed E-state index contributed by atoms with van der Waals surface area (Å²) in [5, 5.41) is 18.9. The van der Waals surface area contributed by atoms with Crippen LogP contribution in [0.15, 0.2) is 24.3 Å². The summed E-state index contributed by atoms with van der Waals surface area (Å²) in [5.41, 5.74) is 1.33. The van der Waals surface area contributed by atoms with Crippen LogP contribution in [0.4, 0.5) is 17.3 Å². The van der Waals surface area contributed by atoms with Gasteiger partial charge in [0.2, 0.25) is 0 Å². The number of nitrogens with one attached hydrogen (secondary N) is 1. The Labute approximate surface area is 130 Å². The van der Waals surface area contributed by atoms with Gasteiger partial charge in [0.15, 0.2) is 0 Å². The third-order valence-electron chi connectivity index (χ3n) is 2.15. The minimum absolute atomic E-state index is 0.627. The summed E-state index contributed by atoms with van der Waals surface area (Å²) in [6.45, 7) is 0. The zero-order valence-corrected chi connectivity index (χ0v) is 13.0. The van der Waals surface area contributed by atoms with Crippen LogP contribution < -0.4 is 5.32 Å². The molecular weight excluding hydrogens is 321 g/mol. The summed E-state index contributed by atoms with van der Waals surface area (Å²) in [7, 11) is 1.27. The number of fused-ring (bicyclic) bond motifs is 1. The van der Waals surface area contributed by atoms with Crippen molar-refractivity contribution in [3.63, 3.8) is 0 Å². The lowest BCUT2D eigenvalue weighted by molar-refractivity contribution is -0.476. The Hall–Kier alpha value is -2.53. The Morgan fingerprint density at radius 1 is 1.26 bits per heavy atom. The first kappa shape index (κ1) is 20.5. The van der Waals surface area contributed by atoms with Gasteiger partial charge in [-0.3, -0.25) is 0 Å². The lowest BCUT2D eigenvalue weighted by Crippen LogP contribution is -2.28. The van der Waals surface area contributed by atoms with Crippen LogP contribution in [-0.2, 0) is 4.74 Å². The first-order valence-electron chi connectivity index (χ1n) is 6.23. The Balaban J connectivity index is 0.000000338. The molecule has 130 valence electrons. The zero-order valence-electron chi connectivity index (χ0n) is 13.0. The van der Waals surface area contributed by atoms with Crippen molar-refractivity contribution >= 4 is 24.3 Å². The average molecular weight is 339 g/mol. The first-order chi connectivity index (χ1) is 10.6. The van der Waals surface area contributed by atoms with Crippen molar-refractivity contribution in [1.29, 1.82) is 0 Å². The molecule has 0 aliphatic rings. The minimum Gasteiger partial charge on any atom is -0.435 e. The molecule has 0 fully saturated rings. The lowest BCUT2D eigenvalue weighted by atomic mass is 10.3. The summed E-state index contributed by atoms with van der Waals surface area (Å²) >= 11 is 0. The van der Waals surface area contributed by atoms with Crippen molar-refractivity contribution in [3.05, 3.63) is 24.3 Å². The standard InChI is InChI=1S/C6H5N3O.C5H12N2O.BF4/c10-9-6-4-2-1-3-5(6)7-8-9;1-6-5(8-4)7(2)3;2-1(3,4)5/h1-4,10H;1-4H3;/q;;-1/p+1. The Morgan fingerprint density at radius 3 is 2.13 bits per heavy atom. The maximum atomic E-state index is 9.75. The molecule has 0 amide bonds. The molecule has 1 aromatic heterocycles. The lowest BCUT2D eigenvalue weighted by Gasteiger charge is -1.97. The second-order valence-electron chi connectivity index (χ2n) is 4.12. The summed E-state index contributed by atoms with van der Waals surface area (Å²) in [4.78, 5) is 0.759. The quantitative estimate of drug-likeness (QED) is 0.190. The summed E-state index contributed by atoms with van der Waals surface area (Å²) in [6, 6.07) is 7.96. The fourth-order valence-electron chi connectivity index (χ4n) is 1.36. The molecule has 0 aliphatic heterocycles. The molecule has 23 heavy (non-hydrogen) atoms. The number of para-hydroxylation sites is 1. The van der Waals surface area contributed by atoms with Crippen molar-refractivity contribution < 1.29 is 31.8 Å². The van der Waals surface area contributed by atoms with Crippen LogP contribution in [0, 0.1) is 0 Å². The number of nitrogens with zero attached hydrogens (tertiary/aromatic N) is 4. The Morgan fingerprint density at radius 2 is 1.78 bits per heavy atom. The smallest absolute Gasteiger partial charge is 0.435 e. The van der Waals surface area contributed by atoms with Gasteiger partial charge >= 0.3 is 13.3 Å². The Bertz CT molecular complexity index is 616. The van der Waals surface area contributed by atoms with Crippen LogP contribution in [0.25, 0.3) is 11.0 Å². The normalized spacial score (nSPS) is 9.91. The molecule has 0 saturated carbocycles. The Kier molecular flexibility index (Phi) is 8.44. The first-order valence-corrected chi connectivity index (χ1v) is 6.23. The van der Waals surface area contributed by atoms with E-state index in [0.29, 0.717) is 11.0 Å². The molecule has 0 radical (unpaired) electrons. The fraction of sp³-hybridized carbons (Fsp3) is 0.364. The molecule has 1 aromatic carbocycles. The van der Waals surface area contributed by atoms with Crippen molar-refractivity contribution in [2.24, 2.45) is 0 Å². The van der Waals surface area contributed by atoms with Crippen molar-refractivity contribution in [2.75, 3.05) is 28.3 Å². The van der Waals surface area contributed by atoms with E-state index in [1.54, 1.807) is 19.2 Å². The second-order valence-corrected chi connectivity index (χ2v) is 4.12. The molecule has 0 bridgehead atoms. The molecule has 1 heterocycles. The van der Waals surface area contributed by atoms with E-state index in [4.69, 9.17) is 9.94 Å². The maximum absolute atomic E-state index is 9.75. The van der Waals surface area contributed by atoms with E-state index in [-0.39, 0.29) is 0 Å². The van der Waals surface area contributed by atoms with Gasteiger partial charge in [-0.1, -0.05) is 17.0 Å². The van der Waals surface area contributed by atoms with Crippen LogP contribution in [-0.4, -0.2) is 66.5 Å². The van der Waals surface area contributed by atoms with Gasteiger partial charge < -0.3 is 27.2 Å². The van der Waals surface area contributed by atoms with Crippen LogP contribution in [0.5, 0.6) is 0 Å². The summed E-state index contributed by atoms with van der Waals surface area (Å²) in [5.74, 6) is 0. The van der Waals surface area contributed by atoms with Gasteiger partial charge in [-0.15, -0.1) is 5.10 Å². The molecule has 2 N–H and O–H groups in total. The number of amidine groups is 1. The highest BCUT2D eigenvalue weighted by Crippen LogP contribution is 2.07. The van der Waals surface area contributed by atoms with Crippen LogP contribution >= 0.6 is 0 Å². The number of ether oxygens (including phenoxy) is 1. The topological polar surface area (TPSA) is 75.2 Å². The maximum Gasteiger partial charge on any atom is 0.673 e. The molecule has 0 unspecified atom stereocenters. The highest BCUT2D eigenvalue weighted by molar-refractivity contribution is 6.50. The second kappa shape index (κ2) is 9.48. The van der Waals surface area contributed by atoms with E-state index < -0.39 is 7.25 Å². The number of methoxy groups -OCH3 is 1. The van der Waals surface area contributed by atoms with Crippen LogP contribution in [0.2, 0.25) is 0 Å². The molecule has 2 aromatic rings. The van der Waals surface area contributed by atoms with E-state index in [9.17, 15) is 17.3 Å². The average Bonchev–Trinajstić information content (AvgIpc) is 2.81. The predicted octanol–water partition coefficient (Wildman–Crippen LogP) is 1.45. The number of hydrogen-bond acceptors (Lipinski definition) is 4. The van der Waals surface area contributed by atoms with E-state index >= 15 is 0 Å². The molecule has 2 rings (SSSR count). The molecule has 0 aliphatic carbocycles. The van der Waals surface area contributed by atoms with E-state index in [1.165, 1.54) is 0 Å². The highest BCUT2D eigenvalue weighted by atomic mass is 19.5. The predicted molar refractivity (Wildman–Crippen MR) is 78.1 cm³/mol. The minimum atomic E-state index is -6.00. The van der Waals surface area contributed by atoms with Crippen LogP contribution in [0.1, 0.15) is 0 Å². The van der Waals surface area contributed by atoms with Gasteiger partial charge in [-0.05, 0) is 17.3 Å². The molecule has 7 nitrogen and oxygen atoms in total. The number of halogens is 4. The van der Waals surface area contributed by atoms with Gasteiger partial charge in [0.25, 0.3) is 0 Å². The summed E-state index contributed by atoms with van der Waals surface area (Å²) < 4.78 is 45.8. The monoisotopic (exact) mass is 339 g/mol. The van der Waals surface area contributed by atoms with E-state index in [0.717, 1.165) is 10.9 Å². The number of aromatic nitrogens is 3. The van der Waals surface area contributed by atoms with Gasteiger partial charge in [0.1, 0.15) is 11.0 Å². The number of hydrogen-bond donors (Lipinski definition) is 2. The van der Waals surface area contributed by atoms with Gasteiger partial charge in [-0.25, -0.2) is 9.89 Å². The van der Waals surface area contributed by atoms with Crippen LogP contribution in [0.3, 0.4) is 0 Å². The third-order valence-corrected chi connectivity index (χ3v) is 2.15. The zero-order chi connectivity index (χ0) is 18.0. The van der Waals surface area contributed by atoms with Crippen molar-refractivity contribution in [2.45, 2.75) is 0 Å². The largest absolute Gasteiger partial charge is 0.673 e. The molecule has 0 atom stereocenters. The highest BCUT2D eigenvalue weighted by Gasteiger charge is 2.20. The molecular formula is C11H18BF4N5O2. The van der Waals surface area contributed by atoms with Gasteiger partial charge in [-0.2, -0.15) is 0 Å². The third kappa shape index (κ3) is 9.16. The molecule has 0 saturated heterocycles. The summed E-state index contributed by atoms with van der Waals surface area (Å²) in [6.07, 6.45) is 0.